The Bertz CT molecular complexity index is 487. The van der Waals surface area contributed by atoms with Crippen molar-refractivity contribution in [2.75, 3.05) is 0 Å². The quantitative estimate of drug-likeness (QED) is 0.210. The lowest BCUT2D eigenvalue weighted by molar-refractivity contribution is -0.117. The van der Waals surface area contributed by atoms with Gasteiger partial charge in [-0.1, -0.05) is 39.3 Å². The fourth-order valence-corrected chi connectivity index (χ4v) is 2.41. The molecule has 4 nitrogen and oxygen atoms in total. The summed E-state index contributed by atoms with van der Waals surface area (Å²) >= 11 is 0. The highest BCUT2D eigenvalue weighted by atomic mass is 16.3. The average Bonchev–Trinajstić information content (AvgIpc) is 2.53. The SMILES string of the molecule is CC(=O)CC/C=C(\C)CC(O)CC(C)C.CC(C)CC=O.[CH+]=C(C)CCCC(C)=O. The van der Waals surface area contributed by atoms with Crippen LogP contribution in [0.2, 0.25) is 0 Å². The first-order valence-corrected chi connectivity index (χ1v) is 11.2. The van der Waals surface area contributed by atoms with Gasteiger partial charge in [0.25, 0.3) is 0 Å². The minimum Gasteiger partial charge on any atom is -0.393 e. The molecule has 0 heterocycles. The monoisotopic (exact) mass is 423 g/mol. The molecule has 0 radical (unpaired) electrons. The van der Waals surface area contributed by atoms with Crippen molar-refractivity contribution in [1.82, 2.24) is 0 Å². The van der Waals surface area contributed by atoms with Gasteiger partial charge in [0.2, 0.25) is 6.58 Å². The van der Waals surface area contributed by atoms with Crippen molar-refractivity contribution >= 4 is 17.9 Å². The highest BCUT2D eigenvalue weighted by Crippen LogP contribution is 2.13. The van der Waals surface area contributed by atoms with E-state index < -0.39 is 0 Å². The molecule has 1 atom stereocenters. The van der Waals surface area contributed by atoms with E-state index in [2.05, 4.69) is 19.9 Å². The molecule has 30 heavy (non-hydrogen) atoms. The summed E-state index contributed by atoms with van der Waals surface area (Å²) in [6, 6.07) is 0. The lowest BCUT2D eigenvalue weighted by atomic mass is 9.99. The number of aliphatic hydroxyl groups excluding tert-OH is 1. The summed E-state index contributed by atoms with van der Waals surface area (Å²) in [4.78, 5) is 30.7. The van der Waals surface area contributed by atoms with Gasteiger partial charge >= 0.3 is 0 Å². The Balaban J connectivity index is -0.000000411. The Morgan fingerprint density at radius 3 is 1.77 bits per heavy atom. The number of aliphatic hydroxyl groups is 1. The molecule has 0 rings (SSSR count). The Morgan fingerprint density at radius 2 is 1.43 bits per heavy atom. The molecule has 0 aromatic rings. The number of rotatable bonds is 13. The molecule has 1 unspecified atom stereocenters. The van der Waals surface area contributed by atoms with E-state index in [0.717, 1.165) is 44.0 Å². The van der Waals surface area contributed by atoms with Gasteiger partial charge in [-0.25, -0.2) is 0 Å². The molecule has 0 aromatic heterocycles. The maximum Gasteiger partial charge on any atom is 0.204 e. The second-order valence-electron chi connectivity index (χ2n) is 8.98. The summed E-state index contributed by atoms with van der Waals surface area (Å²) in [5, 5.41) is 9.69. The van der Waals surface area contributed by atoms with Gasteiger partial charge in [0, 0.05) is 32.6 Å². The van der Waals surface area contributed by atoms with Crippen LogP contribution in [0.15, 0.2) is 17.2 Å². The highest BCUT2D eigenvalue weighted by Gasteiger charge is 2.07. The second kappa shape index (κ2) is 22.1. The minimum absolute atomic E-state index is 0.224. The first kappa shape index (κ1) is 33.0. The van der Waals surface area contributed by atoms with E-state index >= 15 is 0 Å². The predicted octanol–water partition coefficient (Wildman–Crippen LogP) is 6.46. The molecule has 0 aliphatic rings. The first-order chi connectivity index (χ1) is 13.8. The van der Waals surface area contributed by atoms with Gasteiger partial charge < -0.3 is 19.5 Å². The molecule has 4 heteroatoms. The van der Waals surface area contributed by atoms with E-state index in [4.69, 9.17) is 6.58 Å². The number of carbonyl (C=O) groups excluding carboxylic acids is 3. The molecule has 174 valence electrons. The van der Waals surface area contributed by atoms with Gasteiger partial charge in [-0.05, 0) is 58.3 Å². The van der Waals surface area contributed by atoms with Gasteiger partial charge in [-0.2, -0.15) is 0 Å². The zero-order chi connectivity index (χ0) is 24.1. The van der Waals surface area contributed by atoms with Crippen LogP contribution < -0.4 is 0 Å². The zero-order valence-electron chi connectivity index (χ0n) is 20.8. The second-order valence-corrected chi connectivity index (χ2v) is 8.98. The topological polar surface area (TPSA) is 71.4 Å². The van der Waals surface area contributed by atoms with Crippen LogP contribution in [0.1, 0.15) is 107 Å². The standard InChI is InChI=1S/C13H24O2.C8H13O.C5H10O/c1-10(2)8-13(15)9-11(3)6-5-7-12(4)14;1-7(2)5-4-6-8(3)9;1-5(2)3-4-6/h6,10,13,15H,5,7-9H2,1-4H3;1H,4-6H2,2-3H3;4-5H,3H2,1-2H3/q;+1;/b11-6+;;. The van der Waals surface area contributed by atoms with E-state index in [0.29, 0.717) is 31.1 Å². The molecule has 0 fully saturated rings. The average molecular weight is 424 g/mol. The van der Waals surface area contributed by atoms with E-state index in [1.165, 1.54) is 5.57 Å². The molecule has 0 spiro atoms. The molecule has 0 aliphatic heterocycles. The Labute approximate surface area is 186 Å². The van der Waals surface area contributed by atoms with Gasteiger partial charge in [0.1, 0.15) is 17.9 Å². The number of aldehydes is 1. The molecule has 0 amide bonds. The van der Waals surface area contributed by atoms with E-state index in [-0.39, 0.29) is 17.7 Å². The zero-order valence-corrected chi connectivity index (χ0v) is 20.8. The Kier molecular flexibility index (Phi) is 24.3. The van der Waals surface area contributed by atoms with Crippen molar-refractivity contribution in [1.29, 1.82) is 0 Å². The van der Waals surface area contributed by atoms with Crippen molar-refractivity contribution in [3.8, 4) is 0 Å². The van der Waals surface area contributed by atoms with Gasteiger partial charge in [0.15, 0.2) is 5.57 Å². The number of ketones is 2. The molecule has 0 saturated carbocycles. The fraction of sp³-hybridized carbons (Fsp3) is 0.731. The molecule has 0 bridgehead atoms. The van der Waals surface area contributed by atoms with Crippen LogP contribution in [-0.2, 0) is 14.4 Å². The van der Waals surface area contributed by atoms with Crippen molar-refractivity contribution in [2.24, 2.45) is 11.8 Å². The highest BCUT2D eigenvalue weighted by molar-refractivity contribution is 5.75. The van der Waals surface area contributed by atoms with Crippen molar-refractivity contribution in [3.63, 3.8) is 0 Å². The normalized spacial score (nSPS) is 11.7. The number of hydrogen-bond donors (Lipinski definition) is 1. The number of hydrogen-bond acceptors (Lipinski definition) is 4. The Hall–Kier alpha value is -1.64. The summed E-state index contributed by atoms with van der Waals surface area (Å²) in [5.41, 5.74) is 2.10. The fourth-order valence-electron chi connectivity index (χ4n) is 2.41. The van der Waals surface area contributed by atoms with E-state index in [1.807, 2.05) is 27.7 Å². The van der Waals surface area contributed by atoms with Crippen LogP contribution in [0.3, 0.4) is 0 Å². The maximum absolute atomic E-state index is 10.7. The smallest absolute Gasteiger partial charge is 0.204 e. The molecule has 0 saturated heterocycles. The maximum atomic E-state index is 10.7. The van der Waals surface area contributed by atoms with Crippen LogP contribution in [0.4, 0.5) is 0 Å². The first-order valence-electron chi connectivity index (χ1n) is 11.2. The molecular formula is C26H47O4+. The van der Waals surface area contributed by atoms with Gasteiger partial charge in [-0.15, -0.1) is 0 Å². The Morgan fingerprint density at radius 1 is 0.900 bits per heavy atom. The van der Waals surface area contributed by atoms with Crippen LogP contribution >= 0.6 is 0 Å². The molecule has 0 aromatic carbocycles. The summed E-state index contributed by atoms with van der Waals surface area (Å²) in [7, 11) is 0. The summed E-state index contributed by atoms with van der Waals surface area (Å²) in [5.74, 6) is 1.53. The molecule has 1 N–H and O–H groups in total. The van der Waals surface area contributed by atoms with Crippen molar-refractivity contribution < 1.29 is 19.5 Å². The third-order valence-corrected chi connectivity index (χ3v) is 3.96. The predicted molar refractivity (Wildman–Crippen MR) is 127 cm³/mol. The lowest BCUT2D eigenvalue weighted by Gasteiger charge is -2.13. The summed E-state index contributed by atoms with van der Waals surface area (Å²) in [6.45, 7) is 20.8. The summed E-state index contributed by atoms with van der Waals surface area (Å²) < 4.78 is 0. The largest absolute Gasteiger partial charge is 0.393 e. The van der Waals surface area contributed by atoms with Crippen LogP contribution in [0.25, 0.3) is 0 Å². The van der Waals surface area contributed by atoms with E-state index in [1.54, 1.807) is 13.8 Å². The van der Waals surface area contributed by atoms with Crippen molar-refractivity contribution in [2.45, 2.75) is 113 Å². The van der Waals surface area contributed by atoms with Crippen LogP contribution in [-0.4, -0.2) is 29.1 Å². The lowest BCUT2D eigenvalue weighted by Crippen LogP contribution is -2.10. The van der Waals surface area contributed by atoms with Gasteiger partial charge in [-0.3, -0.25) is 0 Å². The summed E-state index contributed by atoms with van der Waals surface area (Å²) in [6.07, 6.45) is 8.89. The third-order valence-electron chi connectivity index (χ3n) is 3.96. The van der Waals surface area contributed by atoms with Crippen molar-refractivity contribution in [3.05, 3.63) is 23.8 Å². The van der Waals surface area contributed by atoms with E-state index in [9.17, 15) is 19.5 Å². The van der Waals surface area contributed by atoms with Crippen LogP contribution in [0.5, 0.6) is 0 Å². The van der Waals surface area contributed by atoms with Crippen LogP contribution in [0, 0.1) is 18.4 Å². The number of carbonyl (C=O) groups is 3. The third kappa shape index (κ3) is 37.2. The van der Waals surface area contributed by atoms with Gasteiger partial charge in [0.05, 0.1) is 6.10 Å². The molecule has 0 aliphatic carbocycles. The molecular weight excluding hydrogens is 376 g/mol. The minimum atomic E-state index is -0.237. The number of allylic oxidation sites excluding steroid dienone is 2. The number of Topliss-reactive ketones (excluding diaryl/α,β-unsaturated/α-hetero) is 2.